The molecular weight excluding hydrogens is 492 g/mol. The zero-order valence-electron chi connectivity index (χ0n) is 21.0. The van der Waals surface area contributed by atoms with Gasteiger partial charge in [-0.05, 0) is 47.5 Å². The number of ether oxygens (including phenoxy) is 4. The molecule has 0 aromatic heterocycles. The van der Waals surface area contributed by atoms with Crippen LogP contribution in [0, 0.1) is 0 Å². The molecule has 0 saturated carbocycles. The molecule has 0 radical (unpaired) electrons. The second kappa shape index (κ2) is 13.0. The Kier molecular flexibility index (Phi) is 9.29. The third-order valence-electron chi connectivity index (χ3n) is 6.01. The molecule has 0 atom stereocenters. The standard InChI is InChI=1S/C29H31ClN2O5/c1-34-23-9-5-21(6-10-23)19-36-26-14-13-25(29(33)31-15-18-32-16-3-4-17-32)27(30)28(26)37-20-22-7-11-24(35-2)12-8-22/h3-14H,15-20H2,1-2H3,(H,31,33). The summed E-state index contributed by atoms with van der Waals surface area (Å²) in [6, 6.07) is 18.5. The molecule has 1 aliphatic heterocycles. The van der Waals surface area contributed by atoms with Crippen molar-refractivity contribution in [2.45, 2.75) is 13.2 Å². The average molecular weight is 523 g/mol. The van der Waals surface area contributed by atoms with Crippen LogP contribution in [0.2, 0.25) is 5.02 Å². The molecule has 4 rings (SSSR count). The van der Waals surface area contributed by atoms with Crippen LogP contribution in [0.25, 0.3) is 0 Å². The molecule has 0 bridgehead atoms. The Hall–Kier alpha value is -3.68. The lowest BCUT2D eigenvalue weighted by Gasteiger charge is -2.18. The van der Waals surface area contributed by atoms with Crippen molar-refractivity contribution in [3.05, 3.63) is 94.5 Å². The van der Waals surface area contributed by atoms with E-state index in [1.165, 1.54) is 0 Å². The Labute approximate surface area is 222 Å². The number of hydrogen-bond donors (Lipinski definition) is 1. The maximum absolute atomic E-state index is 12.9. The van der Waals surface area contributed by atoms with Gasteiger partial charge in [0, 0.05) is 26.2 Å². The summed E-state index contributed by atoms with van der Waals surface area (Å²) in [6.07, 6.45) is 4.24. The molecule has 0 unspecified atom stereocenters. The first-order valence-corrected chi connectivity index (χ1v) is 12.4. The number of carbonyl (C=O) groups excluding carboxylic acids is 1. The fourth-order valence-corrected chi connectivity index (χ4v) is 4.15. The molecule has 0 saturated heterocycles. The number of methoxy groups -OCH3 is 2. The summed E-state index contributed by atoms with van der Waals surface area (Å²) in [7, 11) is 3.25. The molecule has 0 spiro atoms. The summed E-state index contributed by atoms with van der Waals surface area (Å²) in [5.74, 6) is 2.05. The highest BCUT2D eigenvalue weighted by molar-refractivity contribution is 6.35. The number of halogens is 1. The van der Waals surface area contributed by atoms with Crippen molar-refractivity contribution in [1.29, 1.82) is 0 Å². The first-order chi connectivity index (χ1) is 18.1. The minimum absolute atomic E-state index is 0.209. The second-order valence-electron chi connectivity index (χ2n) is 8.51. The van der Waals surface area contributed by atoms with Gasteiger partial charge in [0.15, 0.2) is 11.5 Å². The summed E-state index contributed by atoms with van der Waals surface area (Å²) in [4.78, 5) is 15.2. The monoisotopic (exact) mass is 522 g/mol. The predicted molar refractivity (Wildman–Crippen MR) is 144 cm³/mol. The van der Waals surface area contributed by atoms with Crippen LogP contribution in [-0.2, 0) is 13.2 Å². The van der Waals surface area contributed by atoms with Gasteiger partial charge in [0.25, 0.3) is 5.91 Å². The lowest BCUT2D eigenvalue weighted by atomic mass is 10.1. The van der Waals surface area contributed by atoms with Crippen molar-refractivity contribution in [2.24, 2.45) is 0 Å². The molecule has 1 amide bonds. The molecule has 3 aromatic rings. The van der Waals surface area contributed by atoms with Crippen molar-refractivity contribution in [2.75, 3.05) is 40.4 Å². The predicted octanol–water partition coefficient (Wildman–Crippen LogP) is 5.12. The summed E-state index contributed by atoms with van der Waals surface area (Å²) in [5.41, 5.74) is 2.21. The van der Waals surface area contributed by atoms with Crippen LogP contribution >= 0.6 is 11.6 Å². The van der Waals surface area contributed by atoms with Crippen LogP contribution < -0.4 is 24.3 Å². The van der Waals surface area contributed by atoms with Gasteiger partial charge in [-0.2, -0.15) is 0 Å². The summed E-state index contributed by atoms with van der Waals surface area (Å²) < 4.78 is 22.6. The molecule has 1 N–H and O–H groups in total. The van der Waals surface area contributed by atoms with Crippen LogP contribution in [0.1, 0.15) is 21.5 Å². The highest BCUT2D eigenvalue weighted by Gasteiger charge is 2.20. The molecule has 8 heteroatoms. The summed E-state index contributed by atoms with van der Waals surface area (Å²) >= 11 is 6.73. The Morgan fingerprint density at radius 1 is 0.838 bits per heavy atom. The first-order valence-electron chi connectivity index (χ1n) is 12.1. The molecular formula is C29H31ClN2O5. The van der Waals surface area contributed by atoms with Crippen molar-refractivity contribution in [3.8, 4) is 23.0 Å². The molecule has 194 valence electrons. The van der Waals surface area contributed by atoms with Gasteiger partial charge in [0.1, 0.15) is 24.7 Å². The SMILES string of the molecule is COc1ccc(COc2ccc(C(=O)NCCN3CC=CC3)c(Cl)c2OCc2ccc(OC)cc2)cc1. The number of carbonyl (C=O) groups is 1. The Morgan fingerprint density at radius 3 is 1.97 bits per heavy atom. The minimum Gasteiger partial charge on any atom is -0.497 e. The highest BCUT2D eigenvalue weighted by atomic mass is 35.5. The van der Waals surface area contributed by atoms with Crippen LogP contribution in [0.3, 0.4) is 0 Å². The van der Waals surface area contributed by atoms with E-state index >= 15 is 0 Å². The Balaban J connectivity index is 1.49. The zero-order chi connectivity index (χ0) is 26.0. The Morgan fingerprint density at radius 2 is 1.41 bits per heavy atom. The lowest BCUT2D eigenvalue weighted by molar-refractivity contribution is 0.0949. The topological polar surface area (TPSA) is 69.3 Å². The van der Waals surface area contributed by atoms with E-state index in [0.717, 1.165) is 42.3 Å². The van der Waals surface area contributed by atoms with E-state index in [0.29, 0.717) is 30.2 Å². The third-order valence-corrected chi connectivity index (χ3v) is 6.38. The van der Waals surface area contributed by atoms with E-state index in [4.69, 9.17) is 30.5 Å². The molecule has 1 aliphatic rings. The number of nitrogens with one attached hydrogen (secondary N) is 1. The first kappa shape index (κ1) is 26.4. The van der Waals surface area contributed by atoms with Gasteiger partial charge in [-0.1, -0.05) is 48.0 Å². The van der Waals surface area contributed by atoms with Crippen molar-refractivity contribution in [1.82, 2.24) is 10.2 Å². The molecule has 37 heavy (non-hydrogen) atoms. The second-order valence-corrected chi connectivity index (χ2v) is 8.89. The van der Waals surface area contributed by atoms with Crippen molar-refractivity contribution >= 4 is 17.5 Å². The largest absolute Gasteiger partial charge is 0.497 e. The average Bonchev–Trinajstić information content (AvgIpc) is 3.45. The summed E-state index contributed by atoms with van der Waals surface area (Å²) in [6.45, 7) is 3.64. The molecule has 0 aliphatic carbocycles. The van der Waals surface area contributed by atoms with Gasteiger partial charge in [-0.15, -0.1) is 0 Å². The van der Waals surface area contributed by atoms with Gasteiger partial charge < -0.3 is 24.3 Å². The maximum Gasteiger partial charge on any atom is 0.252 e. The molecule has 7 nitrogen and oxygen atoms in total. The van der Waals surface area contributed by atoms with Crippen LogP contribution in [0.4, 0.5) is 0 Å². The van der Waals surface area contributed by atoms with Gasteiger partial charge in [0.05, 0.1) is 24.8 Å². The molecule has 1 heterocycles. The van der Waals surface area contributed by atoms with Gasteiger partial charge in [0.2, 0.25) is 0 Å². The number of benzene rings is 3. The number of nitrogens with zero attached hydrogens (tertiary/aromatic N) is 1. The van der Waals surface area contributed by atoms with Crippen LogP contribution in [0.15, 0.2) is 72.8 Å². The fourth-order valence-electron chi connectivity index (χ4n) is 3.85. The van der Waals surface area contributed by atoms with Crippen LogP contribution in [-0.4, -0.2) is 51.2 Å². The number of rotatable bonds is 12. The molecule has 3 aromatic carbocycles. The quantitative estimate of drug-likeness (QED) is 0.333. The van der Waals surface area contributed by atoms with E-state index in [2.05, 4.69) is 22.4 Å². The van der Waals surface area contributed by atoms with E-state index in [1.54, 1.807) is 26.4 Å². The maximum atomic E-state index is 12.9. The zero-order valence-corrected chi connectivity index (χ0v) is 21.8. The smallest absolute Gasteiger partial charge is 0.252 e. The van der Waals surface area contributed by atoms with E-state index < -0.39 is 0 Å². The van der Waals surface area contributed by atoms with Gasteiger partial charge in [-0.25, -0.2) is 0 Å². The fraction of sp³-hybridized carbons (Fsp3) is 0.276. The highest BCUT2D eigenvalue weighted by Crippen LogP contribution is 2.39. The minimum atomic E-state index is -0.256. The third kappa shape index (κ3) is 7.18. The summed E-state index contributed by atoms with van der Waals surface area (Å²) in [5, 5.41) is 3.16. The lowest BCUT2D eigenvalue weighted by Crippen LogP contribution is -2.33. The van der Waals surface area contributed by atoms with Gasteiger partial charge >= 0.3 is 0 Å². The van der Waals surface area contributed by atoms with E-state index in [9.17, 15) is 4.79 Å². The van der Waals surface area contributed by atoms with Gasteiger partial charge in [-0.3, -0.25) is 9.69 Å². The van der Waals surface area contributed by atoms with Crippen molar-refractivity contribution < 1.29 is 23.7 Å². The Bertz CT molecular complexity index is 1200. The van der Waals surface area contributed by atoms with Crippen LogP contribution in [0.5, 0.6) is 23.0 Å². The normalized spacial score (nSPS) is 12.8. The van der Waals surface area contributed by atoms with E-state index in [1.807, 2.05) is 48.5 Å². The van der Waals surface area contributed by atoms with E-state index in [-0.39, 0.29) is 17.5 Å². The number of amides is 1. The number of hydrogen-bond acceptors (Lipinski definition) is 6. The van der Waals surface area contributed by atoms with Crippen molar-refractivity contribution in [3.63, 3.8) is 0 Å². The molecule has 0 fully saturated rings.